The Morgan fingerprint density at radius 3 is 2.94 bits per heavy atom. The van der Waals surface area contributed by atoms with E-state index in [0.717, 1.165) is 0 Å². The molecule has 0 spiro atoms. The molecule has 0 aliphatic rings. The first-order valence-electron chi connectivity index (χ1n) is 5.11. The van der Waals surface area contributed by atoms with Crippen LogP contribution in [0, 0.1) is 6.92 Å². The standard InChI is InChI=1S/C11H13N3O3/c1-7-9(10(15)16)5-8(17-7)6-13-11-12-3-4-14(11)2/h3-5H,6H2,1-2H3,(H,12,13)(H,15,16). The van der Waals surface area contributed by atoms with Crippen LogP contribution in [0.1, 0.15) is 21.9 Å². The number of hydrogen-bond acceptors (Lipinski definition) is 4. The maximum atomic E-state index is 10.8. The molecule has 0 radical (unpaired) electrons. The number of aromatic nitrogens is 2. The molecule has 0 bridgehead atoms. The highest BCUT2D eigenvalue weighted by Gasteiger charge is 2.13. The molecule has 0 unspecified atom stereocenters. The van der Waals surface area contributed by atoms with Crippen LogP contribution >= 0.6 is 0 Å². The van der Waals surface area contributed by atoms with E-state index in [1.54, 1.807) is 13.1 Å². The quantitative estimate of drug-likeness (QED) is 0.841. The monoisotopic (exact) mass is 235 g/mol. The van der Waals surface area contributed by atoms with Gasteiger partial charge in [-0.3, -0.25) is 0 Å². The summed E-state index contributed by atoms with van der Waals surface area (Å²) in [5.74, 6) is 0.711. The van der Waals surface area contributed by atoms with Crippen molar-refractivity contribution in [2.75, 3.05) is 5.32 Å². The Kier molecular flexibility index (Phi) is 2.86. The molecule has 2 aromatic heterocycles. The van der Waals surface area contributed by atoms with Crippen LogP contribution in [0.15, 0.2) is 22.9 Å². The lowest BCUT2D eigenvalue weighted by Crippen LogP contribution is -2.03. The van der Waals surface area contributed by atoms with E-state index >= 15 is 0 Å². The molecule has 2 aromatic rings. The van der Waals surface area contributed by atoms with Crippen molar-refractivity contribution in [3.8, 4) is 0 Å². The third kappa shape index (κ3) is 2.30. The van der Waals surface area contributed by atoms with Crippen molar-refractivity contribution in [1.82, 2.24) is 9.55 Å². The molecule has 2 rings (SSSR count). The molecule has 2 N–H and O–H groups in total. The summed E-state index contributed by atoms with van der Waals surface area (Å²) in [5.41, 5.74) is 0.196. The molecular formula is C11H13N3O3. The number of carbonyl (C=O) groups is 1. The number of nitrogens with zero attached hydrogens (tertiary/aromatic N) is 2. The van der Waals surface area contributed by atoms with Gasteiger partial charge in [-0.15, -0.1) is 0 Å². The summed E-state index contributed by atoms with van der Waals surface area (Å²) >= 11 is 0. The van der Waals surface area contributed by atoms with E-state index in [1.165, 1.54) is 6.07 Å². The van der Waals surface area contributed by atoms with Gasteiger partial charge in [-0.25, -0.2) is 9.78 Å². The number of aromatic carboxylic acids is 1. The molecule has 0 atom stereocenters. The van der Waals surface area contributed by atoms with Crippen LogP contribution in [0.4, 0.5) is 5.95 Å². The van der Waals surface area contributed by atoms with Gasteiger partial charge in [-0.1, -0.05) is 0 Å². The van der Waals surface area contributed by atoms with Gasteiger partial charge >= 0.3 is 5.97 Å². The number of anilines is 1. The number of aryl methyl sites for hydroxylation is 2. The zero-order valence-corrected chi connectivity index (χ0v) is 9.60. The van der Waals surface area contributed by atoms with Crippen molar-refractivity contribution in [2.45, 2.75) is 13.5 Å². The number of rotatable bonds is 4. The highest BCUT2D eigenvalue weighted by Crippen LogP contribution is 2.15. The number of hydrogen-bond donors (Lipinski definition) is 2. The molecule has 0 amide bonds. The molecule has 6 heteroatoms. The van der Waals surface area contributed by atoms with E-state index in [2.05, 4.69) is 10.3 Å². The van der Waals surface area contributed by atoms with Gasteiger partial charge in [-0.2, -0.15) is 0 Å². The Labute approximate surface area is 97.9 Å². The molecule has 6 nitrogen and oxygen atoms in total. The van der Waals surface area contributed by atoms with Crippen LogP contribution in [0.2, 0.25) is 0 Å². The maximum Gasteiger partial charge on any atom is 0.339 e. The second-order valence-corrected chi connectivity index (χ2v) is 3.70. The van der Waals surface area contributed by atoms with Crippen molar-refractivity contribution < 1.29 is 14.3 Å². The van der Waals surface area contributed by atoms with E-state index in [0.29, 0.717) is 24.0 Å². The molecule has 90 valence electrons. The minimum absolute atomic E-state index is 0.196. The molecule has 0 saturated heterocycles. The Balaban J connectivity index is 2.07. The Morgan fingerprint density at radius 1 is 1.65 bits per heavy atom. The van der Waals surface area contributed by atoms with Crippen molar-refractivity contribution >= 4 is 11.9 Å². The lowest BCUT2D eigenvalue weighted by molar-refractivity contribution is 0.0695. The number of carboxylic acids is 1. The van der Waals surface area contributed by atoms with Crippen LogP contribution in [-0.4, -0.2) is 20.6 Å². The van der Waals surface area contributed by atoms with E-state index < -0.39 is 5.97 Å². The Hall–Kier alpha value is -2.24. The first-order chi connectivity index (χ1) is 8.08. The summed E-state index contributed by atoms with van der Waals surface area (Å²) in [4.78, 5) is 14.9. The first kappa shape index (κ1) is 11.3. The predicted octanol–water partition coefficient (Wildman–Crippen LogP) is 1.63. The SMILES string of the molecule is Cc1oc(CNc2nccn2C)cc1C(=O)O. The summed E-state index contributed by atoms with van der Waals surface area (Å²) in [5, 5.41) is 11.9. The van der Waals surface area contributed by atoms with Crippen molar-refractivity contribution in [1.29, 1.82) is 0 Å². The van der Waals surface area contributed by atoms with Gasteiger partial charge in [0.2, 0.25) is 5.95 Å². The lowest BCUT2D eigenvalue weighted by atomic mass is 10.2. The fourth-order valence-electron chi connectivity index (χ4n) is 1.55. The van der Waals surface area contributed by atoms with Crippen molar-refractivity contribution in [3.63, 3.8) is 0 Å². The summed E-state index contributed by atoms with van der Waals surface area (Å²) in [6.45, 7) is 2.03. The molecule has 0 aliphatic carbocycles. The van der Waals surface area contributed by atoms with Gasteiger partial charge in [0, 0.05) is 19.4 Å². The predicted molar refractivity (Wildman–Crippen MR) is 60.9 cm³/mol. The minimum Gasteiger partial charge on any atom is -0.478 e. The average Bonchev–Trinajstić information content (AvgIpc) is 2.82. The summed E-state index contributed by atoms with van der Waals surface area (Å²) in [7, 11) is 1.87. The second kappa shape index (κ2) is 4.32. The van der Waals surface area contributed by atoms with Gasteiger partial charge in [0.15, 0.2) is 0 Å². The molecule has 0 saturated carbocycles. The second-order valence-electron chi connectivity index (χ2n) is 3.70. The highest BCUT2D eigenvalue weighted by atomic mass is 16.4. The molecule has 2 heterocycles. The zero-order chi connectivity index (χ0) is 12.4. The van der Waals surface area contributed by atoms with Gasteiger partial charge < -0.3 is 19.4 Å². The van der Waals surface area contributed by atoms with Crippen molar-refractivity contribution in [2.24, 2.45) is 7.05 Å². The fourth-order valence-corrected chi connectivity index (χ4v) is 1.55. The average molecular weight is 235 g/mol. The third-order valence-corrected chi connectivity index (χ3v) is 2.44. The molecule has 17 heavy (non-hydrogen) atoms. The van der Waals surface area contributed by atoms with Gasteiger partial charge in [0.1, 0.15) is 17.1 Å². The number of furan rings is 1. The lowest BCUT2D eigenvalue weighted by Gasteiger charge is -2.02. The molecule has 0 aliphatic heterocycles. The van der Waals surface area contributed by atoms with Gasteiger partial charge in [0.05, 0.1) is 6.54 Å². The van der Waals surface area contributed by atoms with E-state index in [4.69, 9.17) is 9.52 Å². The largest absolute Gasteiger partial charge is 0.478 e. The number of imidazole rings is 1. The Bertz CT molecular complexity index is 542. The van der Waals surface area contributed by atoms with Crippen LogP contribution in [0.5, 0.6) is 0 Å². The molecule has 0 fully saturated rings. The fraction of sp³-hybridized carbons (Fsp3) is 0.273. The summed E-state index contributed by atoms with van der Waals surface area (Å²) in [6.07, 6.45) is 3.50. The normalized spacial score (nSPS) is 10.5. The zero-order valence-electron chi connectivity index (χ0n) is 9.60. The first-order valence-corrected chi connectivity index (χ1v) is 5.11. The van der Waals surface area contributed by atoms with E-state index in [1.807, 2.05) is 17.8 Å². The highest BCUT2D eigenvalue weighted by molar-refractivity contribution is 5.88. The molecule has 0 aromatic carbocycles. The molecular weight excluding hydrogens is 222 g/mol. The van der Waals surface area contributed by atoms with Crippen molar-refractivity contribution in [3.05, 3.63) is 35.5 Å². The van der Waals surface area contributed by atoms with Crippen LogP contribution in [0.25, 0.3) is 0 Å². The van der Waals surface area contributed by atoms with Crippen LogP contribution < -0.4 is 5.32 Å². The number of carboxylic acid groups (broad SMARTS) is 1. The summed E-state index contributed by atoms with van der Waals surface area (Å²) in [6, 6.07) is 1.52. The van der Waals surface area contributed by atoms with E-state index in [-0.39, 0.29) is 5.56 Å². The van der Waals surface area contributed by atoms with Crippen LogP contribution in [0.3, 0.4) is 0 Å². The van der Waals surface area contributed by atoms with Gasteiger partial charge in [-0.05, 0) is 13.0 Å². The van der Waals surface area contributed by atoms with Crippen LogP contribution in [-0.2, 0) is 13.6 Å². The van der Waals surface area contributed by atoms with Gasteiger partial charge in [0.25, 0.3) is 0 Å². The minimum atomic E-state index is -0.977. The smallest absolute Gasteiger partial charge is 0.339 e. The third-order valence-electron chi connectivity index (χ3n) is 2.44. The maximum absolute atomic E-state index is 10.8. The Morgan fingerprint density at radius 2 is 2.41 bits per heavy atom. The number of nitrogens with one attached hydrogen (secondary N) is 1. The topological polar surface area (TPSA) is 80.3 Å². The van der Waals surface area contributed by atoms with E-state index in [9.17, 15) is 4.79 Å². The summed E-state index contributed by atoms with van der Waals surface area (Å²) < 4.78 is 7.16.